The van der Waals surface area contributed by atoms with Crippen LogP contribution in [0.3, 0.4) is 0 Å². The highest BCUT2D eigenvalue weighted by molar-refractivity contribution is 5.77. The van der Waals surface area contributed by atoms with Crippen molar-refractivity contribution in [2.24, 2.45) is 11.8 Å². The monoisotopic (exact) mass is 522 g/mol. The number of hydrogen-bond donors (Lipinski definition) is 3. The molecule has 3 heterocycles. The van der Waals surface area contributed by atoms with Crippen molar-refractivity contribution in [2.75, 3.05) is 41.7 Å². The Morgan fingerprint density at radius 2 is 1.58 bits per heavy atom. The number of nitrogens with zero attached hydrogens (tertiary/aromatic N) is 2. The molecule has 6 nitrogen and oxygen atoms in total. The van der Waals surface area contributed by atoms with E-state index in [2.05, 4.69) is 27.2 Å². The topological polar surface area (TPSA) is 81.8 Å². The first-order valence-electron chi connectivity index (χ1n) is 14.6. The number of aliphatic hydroxyl groups is 1. The molecule has 0 spiro atoms. The highest BCUT2D eigenvalue weighted by Crippen LogP contribution is 2.33. The number of benzene rings is 2. The van der Waals surface area contributed by atoms with E-state index in [0.717, 1.165) is 62.1 Å². The highest BCUT2D eigenvalue weighted by atomic mass is 19.1. The Morgan fingerprint density at radius 3 is 2.26 bits per heavy atom. The molecule has 206 valence electrons. The molecule has 0 saturated carbocycles. The molecule has 3 atom stereocenters. The van der Waals surface area contributed by atoms with Crippen molar-refractivity contribution in [3.63, 3.8) is 0 Å². The van der Waals surface area contributed by atoms with Crippen molar-refractivity contribution in [3.8, 4) is 0 Å². The Balaban J connectivity index is 1.05. The Kier molecular flexibility index (Phi) is 8.72. The van der Waals surface area contributed by atoms with Gasteiger partial charge in [0.1, 0.15) is 12.0 Å². The van der Waals surface area contributed by atoms with E-state index in [0.29, 0.717) is 18.5 Å². The molecular formula is C31H43FN4O2. The SMILES string of the molecule is Nc1ccc(N2CCC(CCCC3CCCN(c4ccc(C5CCC(=O)NC5O)cc4F)CC3)CC2)cc1. The molecule has 5 rings (SSSR count). The number of nitrogens with two attached hydrogens (primary N) is 1. The summed E-state index contributed by atoms with van der Waals surface area (Å²) in [4.78, 5) is 16.2. The lowest BCUT2D eigenvalue weighted by Gasteiger charge is -2.34. The van der Waals surface area contributed by atoms with E-state index in [9.17, 15) is 9.90 Å². The van der Waals surface area contributed by atoms with Gasteiger partial charge in [0, 0.05) is 49.9 Å². The van der Waals surface area contributed by atoms with Gasteiger partial charge in [0.2, 0.25) is 5.91 Å². The summed E-state index contributed by atoms with van der Waals surface area (Å²) in [5.41, 5.74) is 9.35. The van der Waals surface area contributed by atoms with Crippen LogP contribution < -0.4 is 20.9 Å². The van der Waals surface area contributed by atoms with Gasteiger partial charge >= 0.3 is 0 Å². The molecule has 0 aromatic heterocycles. The molecule has 7 heteroatoms. The first-order chi connectivity index (χ1) is 18.5. The molecule has 38 heavy (non-hydrogen) atoms. The number of aliphatic hydroxyl groups excluding tert-OH is 1. The van der Waals surface area contributed by atoms with E-state index in [-0.39, 0.29) is 17.6 Å². The van der Waals surface area contributed by atoms with E-state index < -0.39 is 6.23 Å². The quantitative estimate of drug-likeness (QED) is 0.424. The third-order valence-corrected chi connectivity index (χ3v) is 9.06. The molecule has 3 unspecified atom stereocenters. The zero-order valence-corrected chi connectivity index (χ0v) is 22.5. The van der Waals surface area contributed by atoms with Crippen molar-refractivity contribution >= 4 is 23.0 Å². The van der Waals surface area contributed by atoms with E-state index in [1.165, 1.54) is 44.2 Å². The van der Waals surface area contributed by atoms with Gasteiger partial charge in [-0.25, -0.2) is 4.39 Å². The molecule has 4 N–H and O–H groups in total. The third kappa shape index (κ3) is 6.60. The lowest BCUT2D eigenvalue weighted by molar-refractivity contribution is -0.127. The summed E-state index contributed by atoms with van der Waals surface area (Å²) >= 11 is 0. The summed E-state index contributed by atoms with van der Waals surface area (Å²) < 4.78 is 15.2. The Hall–Kier alpha value is -2.80. The van der Waals surface area contributed by atoms with E-state index >= 15 is 4.39 Å². The van der Waals surface area contributed by atoms with E-state index in [4.69, 9.17) is 5.73 Å². The van der Waals surface area contributed by atoms with Crippen LogP contribution in [0.5, 0.6) is 0 Å². The number of nitrogen functional groups attached to an aromatic ring is 1. The van der Waals surface area contributed by atoms with Crippen LogP contribution in [0.15, 0.2) is 42.5 Å². The molecule has 3 fully saturated rings. The number of hydrogen-bond acceptors (Lipinski definition) is 5. The normalized spacial score (nSPS) is 25.2. The van der Waals surface area contributed by atoms with Crippen molar-refractivity contribution < 1.29 is 14.3 Å². The lowest BCUT2D eigenvalue weighted by Crippen LogP contribution is -2.43. The fourth-order valence-electron chi connectivity index (χ4n) is 6.70. The summed E-state index contributed by atoms with van der Waals surface area (Å²) in [6.07, 6.45) is 9.81. The van der Waals surface area contributed by atoms with Crippen LogP contribution in [0.25, 0.3) is 0 Å². The first kappa shape index (κ1) is 26.8. The van der Waals surface area contributed by atoms with Gasteiger partial charge in [0.05, 0.1) is 5.69 Å². The molecule has 2 aromatic carbocycles. The maximum Gasteiger partial charge on any atom is 0.222 e. The van der Waals surface area contributed by atoms with Crippen molar-refractivity contribution in [1.82, 2.24) is 5.32 Å². The fourth-order valence-corrected chi connectivity index (χ4v) is 6.70. The number of nitrogens with one attached hydrogen (secondary N) is 1. The number of carbonyl (C=O) groups excluding carboxylic acids is 1. The Bertz CT molecular complexity index is 1070. The second-order valence-corrected chi connectivity index (χ2v) is 11.6. The standard InChI is InChI=1S/C31H43FN4O2/c32-28-21-24(27-11-13-30(37)34-31(27)38)6-12-29(28)36-17-2-5-22(16-20-36)3-1-4-23-14-18-35(19-15-23)26-9-7-25(33)8-10-26/h6-10,12,21-23,27,31,38H,1-5,11,13-20,33H2,(H,34,37). The molecule has 1 amide bonds. The maximum atomic E-state index is 15.2. The summed E-state index contributed by atoms with van der Waals surface area (Å²) in [7, 11) is 0. The molecular weight excluding hydrogens is 479 g/mol. The van der Waals surface area contributed by atoms with Crippen LogP contribution in [-0.2, 0) is 4.79 Å². The minimum absolute atomic E-state index is 0.148. The van der Waals surface area contributed by atoms with E-state index in [1.54, 1.807) is 6.07 Å². The van der Waals surface area contributed by atoms with Crippen molar-refractivity contribution in [3.05, 3.63) is 53.8 Å². The smallest absolute Gasteiger partial charge is 0.222 e. The fraction of sp³-hybridized carbons (Fsp3) is 0.581. The number of amides is 1. The summed E-state index contributed by atoms with van der Waals surface area (Å²) in [5.74, 6) is 0.916. The molecule has 0 radical (unpaired) electrons. The second-order valence-electron chi connectivity index (χ2n) is 11.6. The average Bonchev–Trinajstić information content (AvgIpc) is 3.15. The largest absolute Gasteiger partial charge is 0.399 e. The van der Waals surface area contributed by atoms with Crippen molar-refractivity contribution in [2.45, 2.75) is 76.4 Å². The number of carbonyl (C=O) groups is 1. The molecule has 0 aliphatic carbocycles. The number of anilines is 3. The van der Waals surface area contributed by atoms with Crippen molar-refractivity contribution in [1.29, 1.82) is 0 Å². The summed E-state index contributed by atoms with van der Waals surface area (Å²) in [6, 6.07) is 13.6. The molecule has 2 aromatic rings. The zero-order valence-electron chi connectivity index (χ0n) is 22.5. The van der Waals surface area contributed by atoms with Gasteiger partial charge in [-0.15, -0.1) is 0 Å². The van der Waals surface area contributed by atoms with Crippen LogP contribution in [0.4, 0.5) is 21.5 Å². The van der Waals surface area contributed by atoms with Crippen LogP contribution in [-0.4, -0.2) is 43.4 Å². The van der Waals surface area contributed by atoms with Crippen LogP contribution in [0.1, 0.15) is 75.7 Å². The summed E-state index contributed by atoms with van der Waals surface area (Å²) in [5, 5.41) is 12.8. The summed E-state index contributed by atoms with van der Waals surface area (Å²) in [6.45, 7) is 4.04. The Morgan fingerprint density at radius 1 is 0.895 bits per heavy atom. The van der Waals surface area contributed by atoms with Crippen LogP contribution in [0, 0.1) is 17.7 Å². The van der Waals surface area contributed by atoms with Crippen LogP contribution in [0.2, 0.25) is 0 Å². The third-order valence-electron chi connectivity index (χ3n) is 9.06. The van der Waals surface area contributed by atoms with Gasteiger partial charge in [0.25, 0.3) is 0 Å². The van der Waals surface area contributed by atoms with Gasteiger partial charge in [-0.2, -0.15) is 0 Å². The molecule has 3 aliphatic rings. The van der Waals surface area contributed by atoms with Gasteiger partial charge in [-0.3, -0.25) is 4.79 Å². The number of halogens is 1. The Labute approximate surface area is 226 Å². The average molecular weight is 523 g/mol. The lowest BCUT2D eigenvalue weighted by atomic mass is 9.88. The minimum atomic E-state index is -0.947. The predicted molar refractivity (Wildman–Crippen MR) is 152 cm³/mol. The number of rotatable bonds is 7. The molecule has 0 bridgehead atoms. The second kappa shape index (κ2) is 12.4. The number of piperidine rings is 2. The van der Waals surface area contributed by atoms with Gasteiger partial charge in [-0.05, 0) is 92.3 Å². The van der Waals surface area contributed by atoms with Gasteiger partial charge in [0.15, 0.2) is 0 Å². The molecule has 3 aliphatic heterocycles. The van der Waals surface area contributed by atoms with Gasteiger partial charge < -0.3 is 26.0 Å². The zero-order chi connectivity index (χ0) is 26.5. The van der Waals surface area contributed by atoms with Gasteiger partial charge in [-0.1, -0.05) is 25.3 Å². The maximum absolute atomic E-state index is 15.2. The van der Waals surface area contributed by atoms with Crippen LogP contribution >= 0.6 is 0 Å². The first-order valence-corrected chi connectivity index (χ1v) is 14.6. The molecule has 3 saturated heterocycles. The predicted octanol–water partition coefficient (Wildman–Crippen LogP) is 5.41. The van der Waals surface area contributed by atoms with E-state index in [1.807, 2.05) is 24.3 Å². The minimum Gasteiger partial charge on any atom is -0.399 e. The highest BCUT2D eigenvalue weighted by Gasteiger charge is 2.29.